The van der Waals surface area contributed by atoms with Gasteiger partial charge in [0, 0.05) is 11.6 Å². The summed E-state index contributed by atoms with van der Waals surface area (Å²) in [6.07, 6.45) is 0. The van der Waals surface area contributed by atoms with Crippen molar-refractivity contribution in [3.63, 3.8) is 0 Å². The summed E-state index contributed by atoms with van der Waals surface area (Å²) in [6.45, 7) is 7.51. The first-order valence-electron chi connectivity index (χ1n) is 4.14. The Labute approximate surface area is 77.3 Å². The van der Waals surface area contributed by atoms with Gasteiger partial charge in [0.2, 0.25) is 5.76 Å². The SMILES string of the molecule is Cc1cc(C(=O)NC(C)(C)C)on1. The van der Waals surface area contributed by atoms with Crippen molar-refractivity contribution in [1.82, 2.24) is 10.5 Å². The number of carbonyl (C=O) groups is 1. The van der Waals surface area contributed by atoms with Crippen molar-refractivity contribution in [3.05, 3.63) is 17.5 Å². The molecule has 1 aromatic rings. The lowest BCUT2D eigenvalue weighted by atomic mass is 10.1. The Morgan fingerprint density at radius 1 is 1.54 bits per heavy atom. The number of nitrogens with one attached hydrogen (secondary N) is 1. The summed E-state index contributed by atoms with van der Waals surface area (Å²) in [5.41, 5.74) is 0.455. The second-order valence-corrected chi connectivity index (χ2v) is 4.04. The van der Waals surface area contributed by atoms with E-state index in [4.69, 9.17) is 4.52 Å². The van der Waals surface area contributed by atoms with Gasteiger partial charge in [-0.15, -0.1) is 0 Å². The molecule has 72 valence electrons. The van der Waals surface area contributed by atoms with Crippen molar-refractivity contribution in [3.8, 4) is 0 Å². The molecule has 0 aliphatic carbocycles. The first kappa shape index (κ1) is 9.77. The third-order valence-electron chi connectivity index (χ3n) is 1.34. The maximum Gasteiger partial charge on any atom is 0.290 e. The van der Waals surface area contributed by atoms with Crippen LogP contribution in [-0.4, -0.2) is 16.6 Å². The van der Waals surface area contributed by atoms with Crippen LogP contribution in [0.1, 0.15) is 37.0 Å². The van der Waals surface area contributed by atoms with Crippen molar-refractivity contribution in [2.24, 2.45) is 0 Å². The molecule has 1 N–H and O–H groups in total. The number of amides is 1. The van der Waals surface area contributed by atoms with Crippen LogP contribution in [0.25, 0.3) is 0 Å². The van der Waals surface area contributed by atoms with E-state index in [2.05, 4.69) is 10.5 Å². The fourth-order valence-corrected chi connectivity index (χ4v) is 0.873. The molecule has 1 heterocycles. The van der Waals surface area contributed by atoms with Gasteiger partial charge in [-0.3, -0.25) is 4.79 Å². The van der Waals surface area contributed by atoms with Gasteiger partial charge in [-0.2, -0.15) is 0 Å². The van der Waals surface area contributed by atoms with Gasteiger partial charge in [0.25, 0.3) is 5.91 Å². The van der Waals surface area contributed by atoms with Crippen molar-refractivity contribution in [2.45, 2.75) is 33.2 Å². The molecule has 0 saturated carbocycles. The highest BCUT2D eigenvalue weighted by Gasteiger charge is 2.18. The quantitative estimate of drug-likeness (QED) is 0.716. The Balaban J connectivity index is 2.70. The lowest BCUT2D eigenvalue weighted by molar-refractivity contribution is 0.0881. The number of aryl methyl sites for hydroxylation is 1. The molecule has 13 heavy (non-hydrogen) atoms. The van der Waals surface area contributed by atoms with Gasteiger partial charge < -0.3 is 9.84 Å². The maximum atomic E-state index is 11.4. The van der Waals surface area contributed by atoms with E-state index in [1.807, 2.05) is 20.8 Å². The third-order valence-corrected chi connectivity index (χ3v) is 1.34. The summed E-state index contributed by atoms with van der Waals surface area (Å²) in [6, 6.07) is 1.61. The van der Waals surface area contributed by atoms with E-state index in [1.165, 1.54) is 0 Å². The molecule has 1 rings (SSSR count). The number of rotatable bonds is 1. The van der Waals surface area contributed by atoms with Gasteiger partial charge in [-0.1, -0.05) is 5.16 Å². The molecule has 0 aliphatic rings. The van der Waals surface area contributed by atoms with Gasteiger partial charge >= 0.3 is 0 Å². The van der Waals surface area contributed by atoms with Crippen LogP contribution < -0.4 is 5.32 Å². The van der Waals surface area contributed by atoms with Crippen LogP contribution in [-0.2, 0) is 0 Å². The number of nitrogens with zero attached hydrogens (tertiary/aromatic N) is 1. The fraction of sp³-hybridized carbons (Fsp3) is 0.556. The Hall–Kier alpha value is -1.32. The molecular weight excluding hydrogens is 168 g/mol. The van der Waals surface area contributed by atoms with Crippen molar-refractivity contribution in [2.75, 3.05) is 0 Å². The standard InChI is InChI=1S/C9H14N2O2/c1-6-5-7(13-11-6)8(12)10-9(2,3)4/h5H,1-4H3,(H,10,12). The Kier molecular flexibility index (Phi) is 2.40. The summed E-state index contributed by atoms with van der Waals surface area (Å²) < 4.78 is 4.81. The predicted octanol–water partition coefficient (Wildman–Crippen LogP) is 1.51. The lowest BCUT2D eigenvalue weighted by Crippen LogP contribution is -2.40. The molecule has 4 nitrogen and oxygen atoms in total. The summed E-state index contributed by atoms with van der Waals surface area (Å²) in [4.78, 5) is 11.4. The zero-order valence-corrected chi connectivity index (χ0v) is 8.34. The molecule has 0 radical (unpaired) electrons. The van der Waals surface area contributed by atoms with Crippen molar-refractivity contribution >= 4 is 5.91 Å². The molecule has 0 atom stereocenters. The van der Waals surface area contributed by atoms with E-state index in [-0.39, 0.29) is 17.2 Å². The van der Waals surface area contributed by atoms with E-state index in [0.29, 0.717) is 5.69 Å². The summed E-state index contributed by atoms with van der Waals surface area (Å²) >= 11 is 0. The van der Waals surface area contributed by atoms with Gasteiger partial charge in [0.15, 0.2) is 0 Å². The van der Waals surface area contributed by atoms with Gasteiger partial charge in [-0.25, -0.2) is 0 Å². The second kappa shape index (κ2) is 3.20. The van der Waals surface area contributed by atoms with Crippen LogP contribution in [0.2, 0.25) is 0 Å². The van der Waals surface area contributed by atoms with Crippen LogP contribution in [0, 0.1) is 6.92 Å². The molecule has 0 spiro atoms. The zero-order chi connectivity index (χ0) is 10.1. The fourth-order valence-electron chi connectivity index (χ4n) is 0.873. The summed E-state index contributed by atoms with van der Waals surface area (Å²) in [7, 11) is 0. The van der Waals surface area contributed by atoms with Crippen LogP contribution in [0.4, 0.5) is 0 Å². The monoisotopic (exact) mass is 182 g/mol. The molecule has 4 heteroatoms. The predicted molar refractivity (Wildman–Crippen MR) is 48.5 cm³/mol. The Morgan fingerprint density at radius 3 is 2.54 bits per heavy atom. The van der Waals surface area contributed by atoms with E-state index >= 15 is 0 Å². The molecule has 0 saturated heterocycles. The molecule has 0 fully saturated rings. The average Bonchev–Trinajstić information content (AvgIpc) is 2.31. The number of hydrogen-bond acceptors (Lipinski definition) is 3. The van der Waals surface area contributed by atoms with Crippen LogP contribution in [0.5, 0.6) is 0 Å². The smallest absolute Gasteiger partial charge is 0.290 e. The molecular formula is C9H14N2O2. The number of aromatic nitrogens is 1. The molecule has 0 bridgehead atoms. The minimum absolute atomic E-state index is 0.229. The lowest BCUT2D eigenvalue weighted by Gasteiger charge is -2.18. The first-order valence-corrected chi connectivity index (χ1v) is 4.14. The maximum absolute atomic E-state index is 11.4. The average molecular weight is 182 g/mol. The highest BCUT2D eigenvalue weighted by molar-refractivity contribution is 5.91. The molecule has 0 aliphatic heterocycles. The highest BCUT2D eigenvalue weighted by Crippen LogP contribution is 2.05. The van der Waals surface area contributed by atoms with E-state index in [0.717, 1.165) is 0 Å². The minimum atomic E-state index is -0.252. The zero-order valence-electron chi connectivity index (χ0n) is 8.34. The molecule has 0 aromatic carbocycles. The van der Waals surface area contributed by atoms with Crippen LogP contribution in [0.15, 0.2) is 10.6 Å². The number of hydrogen-bond donors (Lipinski definition) is 1. The Morgan fingerprint density at radius 2 is 2.15 bits per heavy atom. The van der Waals surface area contributed by atoms with E-state index in [9.17, 15) is 4.79 Å². The van der Waals surface area contributed by atoms with Crippen LogP contribution in [0.3, 0.4) is 0 Å². The Bertz CT molecular complexity index is 310. The van der Waals surface area contributed by atoms with E-state index < -0.39 is 0 Å². The first-order chi connectivity index (χ1) is 5.88. The normalized spacial score (nSPS) is 11.4. The second-order valence-electron chi connectivity index (χ2n) is 4.04. The molecule has 1 amide bonds. The van der Waals surface area contributed by atoms with Crippen molar-refractivity contribution < 1.29 is 9.32 Å². The molecule has 0 unspecified atom stereocenters. The van der Waals surface area contributed by atoms with Crippen LogP contribution >= 0.6 is 0 Å². The van der Waals surface area contributed by atoms with E-state index in [1.54, 1.807) is 13.0 Å². The van der Waals surface area contributed by atoms with Gasteiger partial charge in [0.05, 0.1) is 5.69 Å². The third kappa shape index (κ3) is 2.89. The topological polar surface area (TPSA) is 55.1 Å². The van der Waals surface area contributed by atoms with Gasteiger partial charge in [0.1, 0.15) is 0 Å². The number of carbonyl (C=O) groups excluding carboxylic acids is 1. The molecule has 1 aromatic heterocycles. The summed E-state index contributed by atoms with van der Waals surface area (Å²) in [5, 5.41) is 6.41. The summed E-state index contributed by atoms with van der Waals surface area (Å²) in [5.74, 6) is 0.0283. The van der Waals surface area contributed by atoms with Gasteiger partial charge in [-0.05, 0) is 27.7 Å². The van der Waals surface area contributed by atoms with Crippen molar-refractivity contribution in [1.29, 1.82) is 0 Å². The minimum Gasteiger partial charge on any atom is -0.351 e. The largest absolute Gasteiger partial charge is 0.351 e. The highest BCUT2D eigenvalue weighted by atomic mass is 16.5.